The molecule has 0 fully saturated rings. The first-order valence-electron chi connectivity index (χ1n) is 4.14. The molecule has 9 heteroatoms. The van der Waals surface area contributed by atoms with Gasteiger partial charge < -0.3 is 0 Å². The summed E-state index contributed by atoms with van der Waals surface area (Å²) in [6, 6.07) is -0.395. The van der Waals surface area contributed by atoms with Crippen LogP contribution in [0.1, 0.15) is 25.6 Å². The van der Waals surface area contributed by atoms with E-state index in [1.807, 2.05) is 0 Å². The zero-order chi connectivity index (χ0) is 12.7. The van der Waals surface area contributed by atoms with Crippen LogP contribution >= 0.6 is 10.7 Å². The van der Waals surface area contributed by atoms with Gasteiger partial charge in [-0.1, -0.05) is 0 Å². The summed E-state index contributed by atoms with van der Waals surface area (Å²) in [4.78, 5) is -1.02. The van der Waals surface area contributed by atoms with Crippen LogP contribution in [-0.4, -0.2) is 18.2 Å². The van der Waals surface area contributed by atoms with Crippen molar-refractivity contribution < 1.29 is 21.6 Å². The third-order valence-corrected chi connectivity index (χ3v) is 3.08. The largest absolute Gasteiger partial charge is 0.436 e. The van der Waals surface area contributed by atoms with Crippen molar-refractivity contribution in [2.24, 2.45) is 0 Å². The molecule has 0 unspecified atom stereocenters. The zero-order valence-electron chi connectivity index (χ0n) is 8.29. The van der Waals surface area contributed by atoms with Gasteiger partial charge in [0, 0.05) is 22.9 Å². The molecule has 1 aromatic heterocycles. The topological polar surface area (TPSA) is 52.0 Å². The number of hydrogen-bond acceptors (Lipinski definition) is 3. The van der Waals surface area contributed by atoms with Crippen LogP contribution in [0, 0.1) is 0 Å². The molecule has 1 heterocycles. The average molecular weight is 277 g/mol. The van der Waals surface area contributed by atoms with E-state index in [1.54, 1.807) is 13.8 Å². The Morgan fingerprint density at radius 3 is 2.19 bits per heavy atom. The summed E-state index contributed by atoms with van der Waals surface area (Å²) in [7, 11) is 0.446. The predicted molar refractivity (Wildman–Crippen MR) is 50.7 cm³/mol. The molecule has 0 saturated carbocycles. The highest BCUT2D eigenvalue weighted by Gasteiger charge is 2.40. The van der Waals surface area contributed by atoms with Crippen LogP contribution in [0.4, 0.5) is 13.2 Å². The third-order valence-electron chi connectivity index (χ3n) is 1.76. The summed E-state index contributed by atoms with van der Waals surface area (Å²) < 4.78 is 60.2. The van der Waals surface area contributed by atoms with Crippen molar-refractivity contribution >= 4 is 19.7 Å². The maximum atomic E-state index is 12.5. The van der Waals surface area contributed by atoms with Crippen molar-refractivity contribution in [1.29, 1.82) is 0 Å². The fraction of sp³-hybridized carbons (Fsp3) is 0.571. The number of hydrogen-bond donors (Lipinski definition) is 0. The van der Waals surface area contributed by atoms with Crippen LogP contribution in [-0.2, 0) is 15.2 Å². The van der Waals surface area contributed by atoms with Crippen LogP contribution in [0.2, 0.25) is 0 Å². The summed E-state index contributed by atoms with van der Waals surface area (Å²) in [6.45, 7) is 3.13. The Kier molecular flexibility index (Phi) is 3.26. The molecular formula is C7H8ClF3N2O2S. The second-order valence-electron chi connectivity index (χ2n) is 3.35. The monoisotopic (exact) mass is 276 g/mol. The van der Waals surface area contributed by atoms with Gasteiger partial charge in [-0.2, -0.15) is 18.3 Å². The molecule has 92 valence electrons. The van der Waals surface area contributed by atoms with E-state index >= 15 is 0 Å². The van der Waals surface area contributed by atoms with Crippen molar-refractivity contribution in [2.45, 2.75) is 31.0 Å². The van der Waals surface area contributed by atoms with E-state index in [2.05, 4.69) is 5.10 Å². The first-order chi connectivity index (χ1) is 7.03. The van der Waals surface area contributed by atoms with Crippen molar-refractivity contribution in [3.63, 3.8) is 0 Å². The Morgan fingerprint density at radius 1 is 1.44 bits per heavy atom. The minimum Gasteiger partial charge on any atom is -0.268 e. The summed E-state index contributed by atoms with van der Waals surface area (Å²) >= 11 is 0. The Morgan fingerprint density at radius 2 is 1.94 bits per heavy atom. The molecule has 0 amide bonds. The van der Waals surface area contributed by atoms with Crippen molar-refractivity contribution in [3.8, 4) is 0 Å². The Balaban J connectivity index is 3.48. The van der Waals surface area contributed by atoms with Gasteiger partial charge in [0.2, 0.25) is 0 Å². The van der Waals surface area contributed by atoms with Gasteiger partial charge in [0.25, 0.3) is 9.05 Å². The fourth-order valence-electron chi connectivity index (χ4n) is 1.01. The van der Waals surface area contributed by atoms with Gasteiger partial charge in [-0.15, -0.1) is 0 Å². The second kappa shape index (κ2) is 3.92. The van der Waals surface area contributed by atoms with Crippen molar-refractivity contribution in [2.75, 3.05) is 0 Å². The smallest absolute Gasteiger partial charge is 0.268 e. The van der Waals surface area contributed by atoms with Gasteiger partial charge in [-0.3, -0.25) is 4.68 Å². The minimum atomic E-state index is -4.85. The highest BCUT2D eigenvalue weighted by atomic mass is 35.7. The summed E-state index contributed by atoms with van der Waals surface area (Å²) in [5.74, 6) is 0. The molecular weight excluding hydrogens is 269 g/mol. The number of nitrogens with zero attached hydrogens (tertiary/aromatic N) is 2. The molecule has 0 saturated heterocycles. The minimum absolute atomic E-state index is 0.395. The van der Waals surface area contributed by atoms with Crippen LogP contribution in [0.25, 0.3) is 0 Å². The van der Waals surface area contributed by atoms with Gasteiger partial charge in [0.15, 0.2) is 5.69 Å². The van der Waals surface area contributed by atoms with E-state index in [9.17, 15) is 21.6 Å². The van der Waals surface area contributed by atoms with E-state index in [1.165, 1.54) is 0 Å². The lowest BCUT2D eigenvalue weighted by Crippen LogP contribution is -2.11. The van der Waals surface area contributed by atoms with Crippen LogP contribution in [0.15, 0.2) is 11.1 Å². The van der Waals surface area contributed by atoms with E-state index in [0.717, 1.165) is 10.9 Å². The molecule has 0 bridgehead atoms. The Labute approximate surface area is 94.4 Å². The third kappa shape index (κ3) is 2.67. The van der Waals surface area contributed by atoms with Gasteiger partial charge in [0.05, 0.1) is 0 Å². The van der Waals surface area contributed by atoms with E-state index in [4.69, 9.17) is 10.7 Å². The highest BCUT2D eigenvalue weighted by Crippen LogP contribution is 2.34. The first-order valence-corrected chi connectivity index (χ1v) is 6.45. The predicted octanol–water partition coefficient (Wildman–Crippen LogP) is 2.41. The highest BCUT2D eigenvalue weighted by molar-refractivity contribution is 8.13. The van der Waals surface area contributed by atoms with Crippen LogP contribution in [0.5, 0.6) is 0 Å². The molecule has 0 aliphatic heterocycles. The SMILES string of the molecule is CC(C)n1cc(S(=O)(=O)Cl)c(C(F)(F)F)n1. The Bertz CT molecular complexity index is 492. The molecule has 0 aromatic carbocycles. The first kappa shape index (κ1) is 13.3. The van der Waals surface area contributed by atoms with E-state index in [0.29, 0.717) is 0 Å². The molecule has 0 aliphatic carbocycles. The van der Waals surface area contributed by atoms with Crippen molar-refractivity contribution in [1.82, 2.24) is 9.78 Å². The van der Waals surface area contributed by atoms with Crippen LogP contribution in [0.3, 0.4) is 0 Å². The number of rotatable bonds is 2. The lowest BCUT2D eigenvalue weighted by Gasteiger charge is -2.04. The van der Waals surface area contributed by atoms with Gasteiger partial charge in [-0.05, 0) is 13.8 Å². The molecule has 1 aromatic rings. The summed E-state index contributed by atoms with van der Waals surface area (Å²) in [5.41, 5.74) is -1.49. The standard InChI is InChI=1S/C7H8ClF3N2O2S/c1-4(2)13-3-5(16(8,14)15)6(12-13)7(9,10)11/h3-4H,1-2H3. The number of halogens is 4. The molecule has 0 aliphatic rings. The maximum Gasteiger partial charge on any atom is 0.436 e. The van der Waals surface area contributed by atoms with Gasteiger partial charge >= 0.3 is 6.18 Å². The molecule has 0 N–H and O–H groups in total. The molecule has 0 spiro atoms. The summed E-state index contributed by atoms with van der Waals surface area (Å²) in [5, 5.41) is 3.18. The van der Waals surface area contributed by atoms with Gasteiger partial charge in [0.1, 0.15) is 4.90 Å². The number of aromatic nitrogens is 2. The lowest BCUT2D eigenvalue weighted by molar-refractivity contribution is -0.143. The van der Waals surface area contributed by atoms with E-state index in [-0.39, 0.29) is 0 Å². The maximum absolute atomic E-state index is 12.5. The lowest BCUT2D eigenvalue weighted by atomic mass is 10.4. The molecule has 16 heavy (non-hydrogen) atoms. The number of alkyl halides is 3. The second-order valence-corrected chi connectivity index (χ2v) is 5.89. The zero-order valence-corrected chi connectivity index (χ0v) is 9.86. The quantitative estimate of drug-likeness (QED) is 0.780. The molecule has 1 rings (SSSR count). The fourth-order valence-corrected chi connectivity index (χ4v) is 1.97. The summed E-state index contributed by atoms with van der Waals surface area (Å²) in [6.07, 6.45) is -4.08. The normalized spacial score (nSPS) is 13.4. The molecule has 0 atom stereocenters. The van der Waals surface area contributed by atoms with E-state index < -0.39 is 31.9 Å². The van der Waals surface area contributed by atoms with Crippen LogP contribution < -0.4 is 0 Å². The Hall–Kier alpha value is -0.760. The van der Waals surface area contributed by atoms with Crippen molar-refractivity contribution in [3.05, 3.63) is 11.9 Å². The molecule has 4 nitrogen and oxygen atoms in total. The molecule has 0 radical (unpaired) electrons. The van der Waals surface area contributed by atoms with Gasteiger partial charge in [-0.25, -0.2) is 8.42 Å². The average Bonchev–Trinajstić information content (AvgIpc) is 2.44.